The Bertz CT molecular complexity index is 1170. The van der Waals surface area contributed by atoms with E-state index in [0.29, 0.717) is 11.7 Å². The summed E-state index contributed by atoms with van der Waals surface area (Å²) in [5.74, 6) is 0.566. The van der Waals surface area contributed by atoms with Gasteiger partial charge in [-0.2, -0.15) is 9.55 Å². The first-order valence-corrected chi connectivity index (χ1v) is 8.28. The Labute approximate surface area is 151 Å². The van der Waals surface area contributed by atoms with Gasteiger partial charge >= 0.3 is 0 Å². The minimum atomic E-state index is -0.487. The predicted molar refractivity (Wildman–Crippen MR) is 102 cm³/mol. The number of pyridine rings is 1. The number of hydrogen-bond donors (Lipinski definition) is 0. The van der Waals surface area contributed by atoms with Crippen LogP contribution in [0.15, 0.2) is 41.2 Å². The van der Waals surface area contributed by atoms with Crippen molar-refractivity contribution in [3.05, 3.63) is 58.6 Å². The van der Waals surface area contributed by atoms with Crippen LogP contribution in [0.4, 0.5) is 4.39 Å². The van der Waals surface area contributed by atoms with E-state index in [2.05, 4.69) is 23.3 Å². The third kappa shape index (κ3) is 2.96. The second-order valence-electron chi connectivity index (χ2n) is 6.24. The third-order valence-corrected chi connectivity index (χ3v) is 4.41. The van der Waals surface area contributed by atoms with Crippen molar-refractivity contribution in [1.82, 2.24) is 10.1 Å². The molecule has 2 heterocycles. The van der Waals surface area contributed by atoms with Crippen LogP contribution in [0.5, 0.6) is 0 Å². The molecule has 3 rings (SSSR count). The fraction of sp³-hybridized carbons (Fsp3) is 0.190. The van der Waals surface area contributed by atoms with Crippen molar-refractivity contribution < 1.29 is 13.5 Å². The Balaban J connectivity index is 2.40. The highest BCUT2D eigenvalue weighted by Crippen LogP contribution is 2.20. The third-order valence-electron chi connectivity index (χ3n) is 4.41. The van der Waals surface area contributed by atoms with E-state index in [1.165, 1.54) is 6.08 Å². The van der Waals surface area contributed by atoms with Gasteiger partial charge in [0.1, 0.15) is 12.9 Å². The lowest BCUT2D eigenvalue weighted by Crippen LogP contribution is -2.46. The number of hydrogen-bond acceptors (Lipinski definition) is 3. The Hall–Kier alpha value is -3.08. The molecule has 0 saturated heterocycles. The average molecular weight is 350 g/mol. The van der Waals surface area contributed by atoms with E-state index >= 15 is 0 Å². The van der Waals surface area contributed by atoms with Crippen molar-refractivity contribution in [3.8, 4) is 11.5 Å². The first kappa shape index (κ1) is 17.7. The Morgan fingerprint density at radius 3 is 2.65 bits per heavy atom. The summed E-state index contributed by atoms with van der Waals surface area (Å²) in [7, 11) is 1.94. The fourth-order valence-electron chi connectivity index (χ4n) is 3.33. The first-order chi connectivity index (χ1) is 12.3. The van der Waals surface area contributed by atoms with E-state index in [0.717, 1.165) is 38.2 Å². The second-order valence-corrected chi connectivity index (χ2v) is 6.24. The maximum Gasteiger partial charge on any atom is 0.258 e. The van der Waals surface area contributed by atoms with Gasteiger partial charge in [0, 0.05) is 22.4 Å². The normalized spacial score (nSPS) is 12.8. The zero-order valence-electron chi connectivity index (χ0n) is 15.4. The molecule has 0 atom stereocenters. The summed E-state index contributed by atoms with van der Waals surface area (Å²) in [5, 5.41) is 6.76. The molecule has 0 radical (unpaired) electrons. The van der Waals surface area contributed by atoms with E-state index in [-0.39, 0.29) is 0 Å². The summed E-state index contributed by atoms with van der Waals surface area (Å²) >= 11 is 0. The van der Waals surface area contributed by atoms with Gasteiger partial charge in [-0.1, -0.05) is 24.4 Å². The molecule has 132 valence electrons. The van der Waals surface area contributed by atoms with E-state index < -0.39 is 5.83 Å². The van der Waals surface area contributed by atoms with Gasteiger partial charge in [0.2, 0.25) is 11.2 Å². The lowest BCUT2D eigenvalue weighted by atomic mass is 10.0. The minimum Gasteiger partial charge on any atom is -0.334 e. The number of rotatable bonds is 3. The van der Waals surface area contributed by atoms with Crippen molar-refractivity contribution in [1.29, 1.82) is 0 Å². The van der Waals surface area contributed by atoms with Crippen LogP contribution in [0, 0.1) is 6.92 Å². The van der Waals surface area contributed by atoms with Crippen LogP contribution in [-0.4, -0.2) is 10.1 Å². The minimum absolute atomic E-state index is 0.469. The van der Waals surface area contributed by atoms with Crippen molar-refractivity contribution in [2.75, 3.05) is 0 Å². The van der Waals surface area contributed by atoms with Gasteiger partial charge in [0.25, 0.3) is 5.89 Å². The summed E-state index contributed by atoms with van der Waals surface area (Å²) in [6, 6.07) is 5.97. The molecule has 0 N–H and O–H groups in total. The molecule has 0 bridgehead atoms. The molecule has 0 saturated carbocycles. The summed E-state index contributed by atoms with van der Waals surface area (Å²) < 4.78 is 20.6. The Morgan fingerprint density at radius 2 is 2.08 bits per heavy atom. The maximum absolute atomic E-state index is 13.3. The summed E-state index contributed by atoms with van der Waals surface area (Å²) in [6.45, 7) is 13.2. The standard InChI is InChI=1S/C21H21FN3O/c1-7-17-14(4)20(12(2)10-13(3)22)25(6)19-11-16(8-9-18(17)19)21-23-15(5)24-26-21/h7-11H,3-4H2,1-2,5-6H3/q+1/b12-10+,17-7+. The smallest absolute Gasteiger partial charge is 0.258 e. The number of aromatic nitrogens is 3. The van der Waals surface area contributed by atoms with Gasteiger partial charge in [-0.05, 0) is 44.2 Å². The van der Waals surface area contributed by atoms with E-state index in [4.69, 9.17) is 4.52 Å². The molecule has 2 aromatic heterocycles. The summed E-state index contributed by atoms with van der Waals surface area (Å²) in [5.41, 5.74) is 3.40. The van der Waals surface area contributed by atoms with Crippen molar-refractivity contribution in [2.24, 2.45) is 7.05 Å². The molecule has 0 unspecified atom stereocenters. The predicted octanol–water partition coefficient (Wildman–Crippen LogP) is 3.12. The largest absolute Gasteiger partial charge is 0.334 e. The molecule has 5 heteroatoms. The summed E-state index contributed by atoms with van der Waals surface area (Å²) in [6.07, 6.45) is 3.43. The molecule has 4 nitrogen and oxygen atoms in total. The SMILES string of the molecule is C=C(F)/C=C(\C)c1c(=C)/c(=C\C)c2ccc(-c3nc(C)no3)cc2[n+]1C. The van der Waals surface area contributed by atoms with E-state index in [1.54, 1.807) is 6.92 Å². The molecule has 0 aliphatic rings. The van der Waals surface area contributed by atoms with Crippen LogP contribution in [0.3, 0.4) is 0 Å². The molecule has 0 aliphatic carbocycles. The molecule has 3 aromatic rings. The van der Waals surface area contributed by atoms with E-state index in [9.17, 15) is 4.39 Å². The number of fused-ring (bicyclic) bond motifs is 1. The average Bonchev–Trinajstić information content (AvgIpc) is 3.01. The van der Waals surface area contributed by atoms with Crippen LogP contribution in [-0.2, 0) is 7.05 Å². The molecular formula is C21H21FN3O+. The molecule has 0 aliphatic heterocycles. The highest BCUT2D eigenvalue weighted by Gasteiger charge is 2.19. The number of halogens is 1. The zero-order chi connectivity index (χ0) is 19.0. The summed E-state index contributed by atoms with van der Waals surface area (Å²) in [4.78, 5) is 4.29. The van der Waals surface area contributed by atoms with Crippen LogP contribution < -0.4 is 15.0 Å². The fourth-order valence-corrected chi connectivity index (χ4v) is 3.33. The van der Waals surface area contributed by atoms with Crippen LogP contribution in [0.25, 0.3) is 40.6 Å². The number of allylic oxidation sites excluding steroid dienone is 3. The molecule has 1 aromatic carbocycles. The van der Waals surface area contributed by atoms with Gasteiger partial charge in [0.05, 0.1) is 5.39 Å². The molecule has 0 amide bonds. The van der Waals surface area contributed by atoms with Crippen LogP contribution in [0.2, 0.25) is 0 Å². The lowest BCUT2D eigenvalue weighted by Gasteiger charge is -2.07. The molecule has 26 heavy (non-hydrogen) atoms. The molecular weight excluding hydrogens is 329 g/mol. The maximum atomic E-state index is 13.3. The van der Waals surface area contributed by atoms with Gasteiger partial charge in [-0.25, -0.2) is 4.39 Å². The van der Waals surface area contributed by atoms with E-state index in [1.807, 2.05) is 49.7 Å². The highest BCUT2D eigenvalue weighted by molar-refractivity contribution is 5.83. The van der Waals surface area contributed by atoms with Crippen LogP contribution >= 0.6 is 0 Å². The second kappa shape index (κ2) is 6.67. The Kier molecular flexibility index (Phi) is 4.55. The quantitative estimate of drug-likeness (QED) is 0.538. The van der Waals surface area contributed by atoms with Crippen molar-refractivity contribution in [2.45, 2.75) is 20.8 Å². The van der Waals surface area contributed by atoms with Gasteiger partial charge in [-0.15, -0.1) is 0 Å². The van der Waals surface area contributed by atoms with Crippen molar-refractivity contribution >= 4 is 29.1 Å². The van der Waals surface area contributed by atoms with Gasteiger partial charge < -0.3 is 4.52 Å². The number of aryl methyl sites for hydroxylation is 2. The zero-order valence-corrected chi connectivity index (χ0v) is 15.4. The van der Waals surface area contributed by atoms with Crippen LogP contribution in [0.1, 0.15) is 25.4 Å². The topological polar surface area (TPSA) is 42.8 Å². The van der Waals surface area contributed by atoms with Crippen molar-refractivity contribution in [3.63, 3.8) is 0 Å². The molecule has 0 spiro atoms. The molecule has 0 fully saturated rings. The Morgan fingerprint density at radius 1 is 1.35 bits per heavy atom. The monoisotopic (exact) mass is 350 g/mol. The first-order valence-electron chi connectivity index (χ1n) is 8.28. The highest BCUT2D eigenvalue weighted by atomic mass is 19.1. The van der Waals surface area contributed by atoms with Gasteiger partial charge in [0.15, 0.2) is 5.82 Å². The number of benzene rings is 1. The number of nitrogens with zero attached hydrogens (tertiary/aromatic N) is 3. The van der Waals surface area contributed by atoms with Gasteiger partial charge in [-0.3, -0.25) is 0 Å². The lowest BCUT2D eigenvalue weighted by molar-refractivity contribution is -0.648.